The minimum atomic E-state index is -0.815. The maximum Gasteiger partial charge on any atom is 0.335 e. The number of nitrogens with one attached hydrogen (secondary N) is 1. The van der Waals surface area contributed by atoms with Crippen LogP contribution in [0.15, 0.2) is 58.6 Å². The molecule has 0 saturated carbocycles. The van der Waals surface area contributed by atoms with Gasteiger partial charge in [-0.1, -0.05) is 28.1 Å². The number of halogens is 1. The van der Waals surface area contributed by atoms with Gasteiger partial charge in [0.15, 0.2) is 6.61 Å². The maximum atomic E-state index is 12.8. The highest BCUT2D eigenvalue weighted by Gasteiger charge is 2.36. The summed E-state index contributed by atoms with van der Waals surface area (Å²) >= 11 is 3.28. The molecule has 1 aliphatic rings. The minimum Gasteiger partial charge on any atom is -0.484 e. The number of hydrogen-bond acceptors (Lipinski definition) is 5. The van der Waals surface area contributed by atoms with Gasteiger partial charge in [-0.2, -0.15) is 0 Å². The van der Waals surface area contributed by atoms with Crippen LogP contribution in [-0.4, -0.2) is 30.4 Å². The Kier molecular flexibility index (Phi) is 5.55. The molecule has 9 heteroatoms. The number of anilines is 1. The molecule has 0 radical (unpaired) electrons. The molecule has 0 atom stereocenters. The van der Waals surface area contributed by atoms with Crippen LogP contribution >= 0.6 is 15.9 Å². The number of primary amides is 1. The Bertz CT molecular complexity index is 984. The van der Waals surface area contributed by atoms with Gasteiger partial charge in [0.05, 0.1) is 5.69 Å². The van der Waals surface area contributed by atoms with Gasteiger partial charge in [-0.3, -0.25) is 19.7 Å². The van der Waals surface area contributed by atoms with E-state index in [-0.39, 0.29) is 12.2 Å². The molecule has 2 aromatic rings. The van der Waals surface area contributed by atoms with Crippen LogP contribution in [0.4, 0.5) is 10.5 Å². The van der Waals surface area contributed by atoms with Crippen molar-refractivity contribution in [1.82, 2.24) is 5.32 Å². The van der Waals surface area contributed by atoms with Gasteiger partial charge in [0.25, 0.3) is 17.7 Å². The van der Waals surface area contributed by atoms with Crippen molar-refractivity contribution in [3.05, 3.63) is 64.1 Å². The number of carbonyl (C=O) groups is 4. The Balaban J connectivity index is 1.86. The van der Waals surface area contributed by atoms with E-state index in [0.717, 1.165) is 9.37 Å². The van der Waals surface area contributed by atoms with Crippen molar-refractivity contribution >= 4 is 51.4 Å². The van der Waals surface area contributed by atoms with Gasteiger partial charge in [0.2, 0.25) is 0 Å². The molecule has 0 unspecified atom stereocenters. The molecule has 5 amide bonds. The van der Waals surface area contributed by atoms with Gasteiger partial charge in [-0.15, -0.1) is 0 Å². The van der Waals surface area contributed by atoms with Crippen molar-refractivity contribution < 1.29 is 23.9 Å². The second kappa shape index (κ2) is 8.05. The zero-order chi connectivity index (χ0) is 20.3. The first-order valence-electron chi connectivity index (χ1n) is 8.03. The number of ether oxygens (including phenoxy) is 1. The van der Waals surface area contributed by atoms with Gasteiger partial charge in [-0.25, -0.2) is 9.69 Å². The van der Waals surface area contributed by atoms with Crippen LogP contribution in [0.3, 0.4) is 0 Å². The zero-order valence-corrected chi connectivity index (χ0v) is 15.9. The summed E-state index contributed by atoms with van der Waals surface area (Å²) in [6, 6.07) is 12.1. The fourth-order valence-corrected chi connectivity index (χ4v) is 2.73. The minimum absolute atomic E-state index is 0.187. The molecule has 3 rings (SSSR count). The van der Waals surface area contributed by atoms with Gasteiger partial charge in [0, 0.05) is 4.47 Å². The molecule has 1 aliphatic heterocycles. The number of imide groups is 2. The van der Waals surface area contributed by atoms with Gasteiger partial charge in [-0.05, 0) is 48.0 Å². The van der Waals surface area contributed by atoms with E-state index in [1.165, 1.54) is 6.08 Å². The van der Waals surface area contributed by atoms with E-state index in [2.05, 4.69) is 21.2 Å². The highest BCUT2D eigenvalue weighted by Crippen LogP contribution is 2.24. The first-order valence-corrected chi connectivity index (χ1v) is 8.82. The molecule has 1 heterocycles. The number of barbiturate groups is 1. The Hall–Kier alpha value is -3.46. The smallest absolute Gasteiger partial charge is 0.335 e. The van der Waals surface area contributed by atoms with Crippen molar-refractivity contribution in [2.24, 2.45) is 5.73 Å². The Labute approximate surface area is 168 Å². The average Bonchev–Trinajstić information content (AvgIpc) is 2.66. The summed E-state index contributed by atoms with van der Waals surface area (Å²) in [7, 11) is 0. The number of nitrogens with zero attached hydrogens (tertiary/aromatic N) is 1. The normalized spacial score (nSPS) is 15.5. The number of carbonyl (C=O) groups excluding carboxylic acids is 4. The molecule has 142 valence electrons. The highest BCUT2D eigenvalue weighted by atomic mass is 79.9. The van der Waals surface area contributed by atoms with Crippen molar-refractivity contribution in [1.29, 1.82) is 0 Å². The van der Waals surface area contributed by atoms with E-state index in [1.54, 1.807) is 48.5 Å². The number of benzene rings is 2. The second-order valence-corrected chi connectivity index (χ2v) is 6.67. The molecular weight excluding hydrogens is 430 g/mol. The van der Waals surface area contributed by atoms with E-state index in [9.17, 15) is 19.2 Å². The number of amides is 5. The van der Waals surface area contributed by atoms with Crippen LogP contribution in [0.25, 0.3) is 6.08 Å². The van der Waals surface area contributed by atoms with Gasteiger partial charge >= 0.3 is 6.03 Å². The molecule has 3 N–H and O–H groups in total. The lowest BCUT2D eigenvalue weighted by Gasteiger charge is -2.26. The molecule has 0 aromatic heterocycles. The van der Waals surface area contributed by atoms with E-state index < -0.39 is 23.8 Å². The molecule has 1 fully saturated rings. The van der Waals surface area contributed by atoms with Crippen LogP contribution in [0.5, 0.6) is 5.75 Å². The summed E-state index contributed by atoms with van der Waals surface area (Å²) < 4.78 is 5.94. The lowest BCUT2D eigenvalue weighted by molar-refractivity contribution is -0.123. The number of rotatable bonds is 5. The Morgan fingerprint density at radius 1 is 1.07 bits per heavy atom. The molecule has 8 nitrogen and oxygen atoms in total. The van der Waals surface area contributed by atoms with E-state index in [4.69, 9.17) is 10.5 Å². The van der Waals surface area contributed by atoms with E-state index in [0.29, 0.717) is 17.0 Å². The van der Waals surface area contributed by atoms with Crippen LogP contribution < -0.4 is 20.7 Å². The zero-order valence-electron chi connectivity index (χ0n) is 14.3. The van der Waals surface area contributed by atoms with Crippen LogP contribution in [-0.2, 0) is 14.4 Å². The molecule has 0 spiro atoms. The Morgan fingerprint density at radius 3 is 2.32 bits per heavy atom. The lowest BCUT2D eigenvalue weighted by Crippen LogP contribution is -2.54. The number of hydrogen-bond donors (Lipinski definition) is 2. The SMILES string of the molecule is NC(=O)COc1ccc(/C=C2\C(=O)NC(=O)N(c3ccc(Br)cc3)C2=O)cc1. The Morgan fingerprint density at radius 2 is 1.71 bits per heavy atom. The molecule has 0 bridgehead atoms. The summed E-state index contributed by atoms with van der Waals surface area (Å²) in [4.78, 5) is 48.7. The standard InChI is InChI=1S/C19H14BrN3O5/c20-12-3-5-13(6-4-12)23-18(26)15(17(25)22-19(23)27)9-11-1-7-14(8-2-11)28-10-16(21)24/h1-9H,10H2,(H2,21,24)(H,22,25,27)/b15-9+. The first-order chi connectivity index (χ1) is 13.3. The monoisotopic (exact) mass is 443 g/mol. The first kappa shape index (κ1) is 19.3. The highest BCUT2D eigenvalue weighted by molar-refractivity contribution is 9.10. The molecule has 2 aromatic carbocycles. The lowest BCUT2D eigenvalue weighted by atomic mass is 10.1. The number of nitrogens with two attached hydrogens (primary N) is 1. The molecule has 28 heavy (non-hydrogen) atoms. The topological polar surface area (TPSA) is 119 Å². The summed E-state index contributed by atoms with van der Waals surface area (Å²) in [5.74, 6) is -1.71. The quantitative estimate of drug-likeness (QED) is 0.540. The molecule has 1 saturated heterocycles. The average molecular weight is 444 g/mol. The summed E-state index contributed by atoms with van der Waals surface area (Å²) in [6.07, 6.45) is 1.37. The summed E-state index contributed by atoms with van der Waals surface area (Å²) in [5.41, 5.74) is 5.70. The summed E-state index contributed by atoms with van der Waals surface area (Å²) in [6.45, 7) is -0.258. The van der Waals surface area contributed by atoms with Crippen molar-refractivity contribution in [3.63, 3.8) is 0 Å². The van der Waals surface area contributed by atoms with Crippen LogP contribution in [0, 0.1) is 0 Å². The second-order valence-electron chi connectivity index (χ2n) is 5.76. The van der Waals surface area contributed by atoms with Crippen molar-refractivity contribution in [2.75, 3.05) is 11.5 Å². The van der Waals surface area contributed by atoms with Gasteiger partial charge < -0.3 is 10.5 Å². The van der Waals surface area contributed by atoms with Crippen molar-refractivity contribution in [2.45, 2.75) is 0 Å². The largest absolute Gasteiger partial charge is 0.484 e. The van der Waals surface area contributed by atoms with Crippen molar-refractivity contribution in [3.8, 4) is 5.75 Å². The third-order valence-electron chi connectivity index (χ3n) is 3.76. The van der Waals surface area contributed by atoms with Gasteiger partial charge in [0.1, 0.15) is 11.3 Å². The van der Waals surface area contributed by atoms with E-state index >= 15 is 0 Å². The molecular formula is C19H14BrN3O5. The molecule has 0 aliphatic carbocycles. The summed E-state index contributed by atoms with van der Waals surface area (Å²) in [5, 5.41) is 2.16. The van der Waals surface area contributed by atoms with E-state index in [1.807, 2.05) is 0 Å². The van der Waals surface area contributed by atoms with Crippen LogP contribution in [0.1, 0.15) is 5.56 Å². The van der Waals surface area contributed by atoms with Crippen LogP contribution in [0.2, 0.25) is 0 Å². The third kappa shape index (κ3) is 4.26. The fourth-order valence-electron chi connectivity index (χ4n) is 2.46. The number of urea groups is 1. The maximum absolute atomic E-state index is 12.8. The fraction of sp³-hybridized carbons (Fsp3) is 0.0526. The predicted molar refractivity (Wildman–Crippen MR) is 104 cm³/mol. The predicted octanol–water partition coefficient (Wildman–Crippen LogP) is 1.98. The third-order valence-corrected chi connectivity index (χ3v) is 4.29.